The summed E-state index contributed by atoms with van der Waals surface area (Å²) in [4.78, 5) is 13.4. The molecule has 0 unspecified atom stereocenters. The monoisotopic (exact) mass is 219 g/mol. The number of fused-ring (bicyclic) bond motifs is 3. The van der Waals surface area contributed by atoms with Gasteiger partial charge in [0.1, 0.15) is 5.58 Å². The summed E-state index contributed by atoms with van der Waals surface area (Å²) < 4.78 is 5.52. The van der Waals surface area contributed by atoms with Crippen molar-refractivity contribution in [3.8, 4) is 0 Å². The molecule has 0 aliphatic rings. The zero-order valence-electron chi connectivity index (χ0n) is 7.58. The molecule has 1 aromatic carbocycles. The number of nitrogens with one attached hydrogen (secondary N) is 1. The van der Waals surface area contributed by atoms with Gasteiger partial charge in [-0.25, -0.2) is 0 Å². The molecule has 4 heteroatoms. The molecule has 1 N–H and O–H groups in total. The topological polar surface area (TPSA) is 46.0 Å². The summed E-state index contributed by atoms with van der Waals surface area (Å²) in [6.07, 6.45) is 0.761. The Bertz CT molecular complexity index is 666. The summed E-state index contributed by atoms with van der Waals surface area (Å²) >= 11 is 5.85. The van der Waals surface area contributed by atoms with Gasteiger partial charge in [-0.2, -0.15) is 0 Å². The highest BCUT2D eigenvalue weighted by molar-refractivity contribution is 6.31. The van der Waals surface area contributed by atoms with E-state index in [-0.39, 0.29) is 0 Å². The maximum Gasteiger partial charge on any atom is 0.206 e. The maximum absolute atomic E-state index is 10.6. The van der Waals surface area contributed by atoms with Crippen LogP contribution in [-0.2, 0) is 0 Å². The number of H-pyrrole nitrogens is 1. The highest BCUT2D eigenvalue weighted by atomic mass is 35.5. The van der Waals surface area contributed by atoms with Crippen LogP contribution in [-0.4, -0.2) is 11.3 Å². The highest BCUT2D eigenvalue weighted by Gasteiger charge is 2.09. The van der Waals surface area contributed by atoms with Gasteiger partial charge in [0.05, 0.1) is 5.69 Å². The molecule has 2 heterocycles. The Morgan fingerprint density at radius 1 is 1.27 bits per heavy atom. The number of hydrogen-bond donors (Lipinski definition) is 1. The lowest BCUT2D eigenvalue weighted by Gasteiger charge is -1.89. The van der Waals surface area contributed by atoms with Crippen LogP contribution >= 0.6 is 11.6 Å². The van der Waals surface area contributed by atoms with Crippen molar-refractivity contribution in [2.24, 2.45) is 0 Å². The Balaban J connectivity index is 2.45. The number of rotatable bonds is 1. The first-order chi connectivity index (χ1) is 7.28. The summed E-state index contributed by atoms with van der Waals surface area (Å²) in [5.74, 6) is 0. The van der Waals surface area contributed by atoms with E-state index in [9.17, 15) is 4.79 Å². The largest absolute Gasteiger partial charge is 0.440 e. The molecule has 0 radical (unpaired) electrons. The van der Waals surface area contributed by atoms with Crippen LogP contribution in [0.4, 0.5) is 0 Å². The lowest BCUT2D eigenvalue weighted by atomic mass is 10.2. The molecule has 0 atom stereocenters. The number of aromatic nitrogens is 1. The van der Waals surface area contributed by atoms with Crippen molar-refractivity contribution in [1.29, 1.82) is 0 Å². The van der Waals surface area contributed by atoms with Gasteiger partial charge in [-0.1, -0.05) is 11.6 Å². The number of aromatic amines is 1. The molecule has 2 aromatic heterocycles. The molecule has 0 aliphatic heterocycles. The van der Waals surface area contributed by atoms with E-state index < -0.39 is 0 Å². The fraction of sp³-hybridized carbons (Fsp3) is 0. The minimum atomic E-state index is 0.514. The SMILES string of the molecule is O=Cc1cc2c([nH]1)oc1cc(Cl)ccc12. The molecule has 0 saturated carbocycles. The van der Waals surface area contributed by atoms with E-state index in [4.69, 9.17) is 16.0 Å². The van der Waals surface area contributed by atoms with Crippen LogP contribution in [0, 0.1) is 0 Å². The smallest absolute Gasteiger partial charge is 0.206 e. The maximum atomic E-state index is 10.6. The van der Waals surface area contributed by atoms with Crippen molar-refractivity contribution in [2.45, 2.75) is 0 Å². The van der Waals surface area contributed by atoms with Gasteiger partial charge in [-0.15, -0.1) is 0 Å². The van der Waals surface area contributed by atoms with E-state index >= 15 is 0 Å². The van der Waals surface area contributed by atoms with Gasteiger partial charge in [0.25, 0.3) is 0 Å². The van der Waals surface area contributed by atoms with Crippen molar-refractivity contribution >= 4 is 40.0 Å². The number of benzene rings is 1. The van der Waals surface area contributed by atoms with E-state index in [0.29, 0.717) is 16.4 Å². The van der Waals surface area contributed by atoms with E-state index in [0.717, 1.165) is 22.6 Å². The van der Waals surface area contributed by atoms with E-state index in [1.807, 2.05) is 6.07 Å². The highest BCUT2D eigenvalue weighted by Crippen LogP contribution is 2.30. The van der Waals surface area contributed by atoms with Gasteiger partial charge in [0.2, 0.25) is 5.71 Å². The normalized spacial score (nSPS) is 11.3. The second-order valence-corrected chi connectivity index (χ2v) is 3.76. The van der Waals surface area contributed by atoms with E-state index in [2.05, 4.69) is 4.98 Å². The van der Waals surface area contributed by atoms with Gasteiger partial charge in [-0.3, -0.25) is 4.79 Å². The first kappa shape index (κ1) is 8.56. The Labute approximate surface area is 89.6 Å². The second-order valence-electron chi connectivity index (χ2n) is 3.33. The Kier molecular flexibility index (Phi) is 1.64. The molecule has 0 amide bonds. The minimum absolute atomic E-state index is 0.514. The molecular weight excluding hydrogens is 214 g/mol. The molecule has 0 bridgehead atoms. The van der Waals surface area contributed by atoms with Gasteiger partial charge >= 0.3 is 0 Å². The van der Waals surface area contributed by atoms with Crippen LogP contribution in [0.2, 0.25) is 5.02 Å². The number of furan rings is 1. The second kappa shape index (κ2) is 2.87. The molecule has 3 aromatic rings. The van der Waals surface area contributed by atoms with Crippen molar-refractivity contribution in [3.63, 3.8) is 0 Å². The van der Waals surface area contributed by atoms with Gasteiger partial charge < -0.3 is 9.40 Å². The fourth-order valence-corrected chi connectivity index (χ4v) is 1.87. The zero-order valence-corrected chi connectivity index (χ0v) is 8.34. The molecule has 0 saturated heterocycles. The lowest BCUT2D eigenvalue weighted by Crippen LogP contribution is -1.74. The van der Waals surface area contributed by atoms with Crippen molar-refractivity contribution in [1.82, 2.24) is 4.98 Å². The van der Waals surface area contributed by atoms with Crippen LogP contribution in [0.1, 0.15) is 10.5 Å². The van der Waals surface area contributed by atoms with Crippen molar-refractivity contribution < 1.29 is 9.21 Å². The Morgan fingerprint density at radius 2 is 2.13 bits per heavy atom. The quantitative estimate of drug-likeness (QED) is 0.638. The molecule has 0 fully saturated rings. The lowest BCUT2D eigenvalue weighted by molar-refractivity contribution is 0.111. The third-order valence-corrected chi connectivity index (χ3v) is 2.61. The number of halogens is 1. The van der Waals surface area contributed by atoms with Crippen LogP contribution < -0.4 is 0 Å². The van der Waals surface area contributed by atoms with E-state index in [1.165, 1.54) is 0 Å². The van der Waals surface area contributed by atoms with Crippen LogP contribution in [0.15, 0.2) is 28.7 Å². The summed E-state index contributed by atoms with van der Waals surface area (Å²) in [6, 6.07) is 7.20. The molecule has 3 nitrogen and oxygen atoms in total. The molecule has 0 aliphatic carbocycles. The minimum Gasteiger partial charge on any atom is -0.440 e. The van der Waals surface area contributed by atoms with Gasteiger partial charge in [0.15, 0.2) is 6.29 Å². The van der Waals surface area contributed by atoms with Gasteiger partial charge in [0, 0.05) is 21.9 Å². The molecule has 3 rings (SSSR count). The predicted molar refractivity (Wildman–Crippen MR) is 58.5 cm³/mol. The zero-order chi connectivity index (χ0) is 10.4. The van der Waals surface area contributed by atoms with Crippen molar-refractivity contribution in [3.05, 3.63) is 35.0 Å². The molecule has 74 valence electrons. The summed E-state index contributed by atoms with van der Waals surface area (Å²) in [5.41, 5.74) is 1.84. The number of hydrogen-bond acceptors (Lipinski definition) is 2. The average molecular weight is 220 g/mol. The van der Waals surface area contributed by atoms with Crippen molar-refractivity contribution in [2.75, 3.05) is 0 Å². The summed E-state index contributed by atoms with van der Waals surface area (Å²) in [6.45, 7) is 0. The van der Waals surface area contributed by atoms with E-state index in [1.54, 1.807) is 18.2 Å². The third-order valence-electron chi connectivity index (χ3n) is 2.38. The molecule has 0 spiro atoms. The van der Waals surface area contributed by atoms with Crippen LogP contribution in [0.3, 0.4) is 0 Å². The van der Waals surface area contributed by atoms with Gasteiger partial charge in [-0.05, 0) is 18.2 Å². The predicted octanol–water partition coefficient (Wildman–Crippen LogP) is 3.38. The Morgan fingerprint density at radius 3 is 2.93 bits per heavy atom. The molecular formula is C11H6ClNO2. The van der Waals surface area contributed by atoms with Crippen LogP contribution in [0.5, 0.6) is 0 Å². The first-order valence-electron chi connectivity index (χ1n) is 4.44. The van der Waals surface area contributed by atoms with Crippen LogP contribution in [0.25, 0.3) is 22.1 Å². The Hall–Kier alpha value is -1.74. The molecule has 15 heavy (non-hydrogen) atoms. The number of carbonyl (C=O) groups is 1. The third kappa shape index (κ3) is 1.17. The first-order valence-corrected chi connectivity index (χ1v) is 4.81. The summed E-state index contributed by atoms with van der Waals surface area (Å²) in [7, 11) is 0. The fourth-order valence-electron chi connectivity index (χ4n) is 1.71. The number of carbonyl (C=O) groups excluding carboxylic acids is 1. The summed E-state index contributed by atoms with van der Waals surface area (Å²) in [5, 5.41) is 2.50. The number of aldehydes is 1. The average Bonchev–Trinajstić information content (AvgIpc) is 2.73. The standard InChI is InChI=1S/C11H6ClNO2/c12-6-1-2-8-9-4-7(5-14)13-11(9)15-10(8)3-6/h1-5,13H.